The van der Waals surface area contributed by atoms with E-state index < -0.39 is 17.4 Å². The minimum Gasteiger partial charge on any atom is -0.397 e. The van der Waals surface area contributed by atoms with E-state index in [4.69, 9.17) is 11.0 Å². The topological polar surface area (TPSA) is 64.0 Å². The highest BCUT2D eigenvalue weighted by molar-refractivity contribution is 5.91. The van der Waals surface area contributed by atoms with Crippen molar-refractivity contribution in [3.63, 3.8) is 0 Å². The summed E-state index contributed by atoms with van der Waals surface area (Å²) in [4.78, 5) is 2.23. The van der Waals surface area contributed by atoms with E-state index in [1.165, 1.54) is 12.1 Å². The Morgan fingerprint density at radius 3 is 2.56 bits per heavy atom. The summed E-state index contributed by atoms with van der Waals surface area (Å²) in [5.74, 6) is 0. The average Bonchev–Trinajstić information content (AvgIpc) is 2.28. The van der Waals surface area contributed by atoms with E-state index in [1.54, 1.807) is 19.1 Å². The van der Waals surface area contributed by atoms with Crippen molar-refractivity contribution in [1.82, 2.24) is 0 Å². The van der Waals surface area contributed by atoms with Crippen LogP contribution >= 0.6 is 0 Å². The molecule has 0 aliphatic rings. The molecule has 1 aromatic heterocycles. The van der Waals surface area contributed by atoms with Crippen LogP contribution in [0.15, 0.2) is 18.2 Å². The number of fused-ring (bicyclic) bond motifs is 1. The number of nitrogens with zero attached hydrogens (tertiary/aromatic N) is 1. The Kier molecular flexibility index (Phi) is 2.62. The molecule has 2 aromatic rings. The van der Waals surface area contributed by atoms with Gasteiger partial charge in [0.05, 0.1) is 11.1 Å². The minimum atomic E-state index is -4.64. The highest BCUT2D eigenvalue weighted by atomic mass is 19.4. The van der Waals surface area contributed by atoms with E-state index in [0.29, 0.717) is 5.39 Å². The van der Waals surface area contributed by atoms with Crippen molar-refractivity contribution in [2.45, 2.75) is 13.1 Å². The summed E-state index contributed by atoms with van der Waals surface area (Å²) >= 11 is 0. The molecular formula is C12H9F3N3+. The van der Waals surface area contributed by atoms with Crippen LogP contribution in [0.25, 0.3) is 10.9 Å². The molecule has 2 rings (SSSR count). The Morgan fingerprint density at radius 1 is 1.33 bits per heavy atom. The van der Waals surface area contributed by atoms with Crippen molar-refractivity contribution in [1.29, 1.82) is 5.26 Å². The Labute approximate surface area is 101 Å². The summed E-state index contributed by atoms with van der Waals surface area (Å²) in [5, 5.41) is 9.26. The second-order valence-electron chi connectivity index (χ2n) is 3.95. The van der Waals surface area contributed by atoms with E-state index in [-0.39, 0.29) is 11.2 Å². The Balaban J connectivity index is 2.92. The SMILES string of the molecule is Cc1ccc2[nH+]c(C(F)(F)F)c(C#N)c(N)c2c1. The van der Waals surface area contributed by atoms with E-state index in [2.05, 4.69) is 4.98 Å². The van der Waals surface area contributed by atoms with Crippen LogP contribution in [0, 0.1) is 18.3 Å². The number of nitrogen functional groups attached to an aromatic ring is 1. The first-order chi connectivity index (χ1) is 8.34. The number of pyridine rings is 1. The quantitative estimate of drug-likeness (QED) is 0.782. The van der Waals surface area contributed by atoms with Gasteiger partial charge in [-0.3, -0.25) is 0 Å². The minimum absolute atomic E-state index is 0.151. The van der Waals surface area contributed by atoms with E-state index in [1.807, 2.05) is 0 Å². The lowest BCUT2D eigenvalue weighted by molar-refractivity contribution is -0.399. The molecule has 0 spiro atoms. The number of H-pyrrole nitrogens is 1. The van der Waals surface area contributed by atoms with Gasteiger partial charge in [0.1, 0.15) is 6.07 Å². The van der Waals surface area contributed by atoms with Gasteiger partial charge in [-0.25, -0.2) is 0 Å². The molecule has 3 N–H and O–H groups in total. The molecule has 6 heteroatoms. The summed E-state index contributed by atoms with van der Waals surface area (Å²) in [7, 11) is 0. The fourth-order valence-corrected chi connectivity index (χ4v) is 1.79. The molecule has 1 aromatic carbocycles. The first-order valence-corrected chi connectivity index (χ1v) is 5.07. The Bertz CT molecular complexity index is 669. The Morgan fingerprint density at radius 2 is 2.00 bits per heavy atom. The summed E-state index contributed by atoms with van der Waals surface area (Å²) in [6, 6.07) is 6.33. The van der Waals surface area contributed by atoms with Gasteiger partial charge >= 0.3 is 11.9 Å². The van der Waals surface area contributed by atoms with Gasteiger partial charge in [0, 0.05) is 6.07 Å². The van der Waals surface area contributed by atoms with Crippen LogP contribution < -0.4 is 10.7 Å². The average molecular weight is 252 g/mol. The maximum absolute atomic E-state index is 12.8. The van der Waals surface area contributed by atoms with Crippen molar-refractivity contribution in [3.8, 4) is 6.07 Å². The van der Waals surface area contributed by atoms with Gasteiger partial charge in [-0.2, -0.15) is 23.4 Å². The van der Waals surface area contributed by atoms with Crippen LogP contribution in [-0.4, -0.2) is 0 Å². The first-order valence-electron chi connectivity index (χ1n) is 5.07. The first kappa shape index (κ1) is 12.2. The third-order valence-electron chi connectivity index (χ3n) is 2.64. The number of aromatic amines is 1. The van der Waals surface area contributed by atoms with E-state index in [0.717, 1.165) is 5.56 Å². The zero-order valence-electron chi connectivity index (χ0n) is 9.39. The lowest BCUT2D eigenvalue weighted by atomic mass is 10.0. The number of aromatic nitrogens is 1. The van der Waals surface area contributed by atoms with Gasteiger partial charge in [0.25, 0.3) is 0 Å². The van der Waals surface area contributed by atoms with Crippen molar-refractivity contribution in [2.75, 3.05) is 5.73 Å². The summed E-state index contributed by atoms with van der Waals surface area (Å²) in [6.45, 7) is 1.79. The Hall–Kier alpha value is -2.29. The number of hydrogen-bond donors (Lipinski definition) is 1. The molecule has 92 valence electrons. The number of nitrogens with two attached hydrogens (primary N) is 1. The van der Waals surface area contributed by atoms with Gasteiger partial charge in [-0.1, -0.05) is 6.07 Å². The number of alkyl halides is 3. The van der Waals surface area contributed by atoms with Crippen molar-refractivity contribution >= 4 is 16.6 Å². The predicted octanol–water partition coefficient (Wildman–Crippen LogP) is 2.43. The van der Waals surface area contributed by atoms with Crippen molar-refractivity contribution in [2.24, 2.45) is 0 Å². The molecule has 0 saturated heterocycles. The highest BCUT2D eigenvalue weighted by Crippen LogP contribution is 2.33. The molecule has 1 heterocycles. The maximum atomic E-state index is 12.8. The molecule has 0 radical (unpaired) electrons. The molecule has 0 saturated carbocycles. The number of benzene rings is 1. The summed E-state index contributed by atoms with van der Waals surface area (Å²) in [5.41, 5.74) is 4.93. The van der Waals surface area contributed by atoms with Gasteiger partial charge in [-0.15, -0.1) is 0 Å². The molecule has 3 nitrogen and oxygen atoms in total. The van der Waals surface area contributed by atoms with Crippen molar-refractivity contribution in [3.05, 3.63) is 35.0 Å². The normalized spacial score (nSPS) is 11.5. The number of nitriles is 1. The van der Waals surface area contributed by atoms with Gasteiger partial charge in [-0.05, 0) is 18.6 Å². The molecule has 18 heavy (non-hydrogen) atoms. The smallest absolute Gasteiger partial charge is 0.397 e. The number of halogens is 3. The second kappa shape index (κ2) is 3.88. The summed E-state index contributed by atoms with van der Waals surface area (Å²) in [6.07, 6.45) is -4.64. The summed E-state index contributed by atoms with van der Waals surface area (Å²) < 4.78 is 38.4. The standard InChI is InChI=1S/C12H8F3N3/c1-6-2-3-9-7(4-6)10(17)8(5-16)11(18-9)12(13,14)15/h2-4H,1H3,(H2,17,18)/p+1. The van der Waals surface area contributed by atoms with Crippen LogP contribution in [0.3, 0.4) is 0 Å². The molecule has 0 atom stereocenters. The number of nitrogens with one attached hydrogen (secondary N) is 1. The zero-order valence-corrected chi connectivity index (χ0v) is 9.39. The largest absolute Gasteiger partial charge is 0.478 e. The van der Waals surface area contributed by atoms with Gasteiger partial charge < -0.3 is 5.73 Å². The maximum Gasteiger partial charge on any atom is 0.478 e. The van der Waals surface area contributed by atoms with Crippen LogP contribution in [0.4, 0.5) is 18.9 Å². The fraction of sp³-hybridized carbons (Fsp3) is 0.167. The molecule has 0 fully saturated rings. The fourth-order valence-electron chi connectivity index (χ4n) is 1.79. The number of hydrogen-bond acceptors (Lipinski definition) is 2. The lowest BCUT2D eigenvalue weighted by Gasteiger charge is -2.07. The third-order valence-corrected chi connectivity index (χ3v) is 2.64. The molecular weight excluding hydrogens is 243 g/mol. The molecule has 0 amide bonds. The second-order valence-corrected chi connectivity index (χ2v) is 3.95. The monoisotopic (exact) mass is 252 g/mol. The third kappa shape index (κ3) is 1.84. The number of anilines is 1. The zero-order chi connectivity index (χ0) is 13.5. The highest BCUT2D eigenvalue weighted by Gasteiger charge is 2.43. The van der Waals surface area contributed by atoms with Crippen LogP contribution in [-0.2, 0) is 6.18 Å². The molecule has 0 aliphatic carbocycles. The van der Waals surface area contributed by atoms with Crippen LogP contribution in [0.2, 0.25) is 0 Å². The lowest BCUT2D eigenvalue weighted by Crippen LogP contribution is -2.25. The van der Waals surface area contributed by atoms with E-state index in [9.17, 15) is 13.2 Å². The molecule has 0 unspecified atom stereocenters. The molecule has 0 bridgehead atoms. The van der Waals surface area contributed by atoms with Gasteiger partial charge in [0.2, 0.25) is 5.52 Å². The van der Waals surface area contributed by atoms with Gasteiger partial charge in [0.15, 0.2) is 5.56 Å². The van der Waals surface area contributed by atoms with E-state index >= 15 is 0 Å². The van der Waals surface area contributed by atoms with Crippen LogP contribution in [0.5, 0.6) is 0 Å². The predicted molar refractivity (Wildman–Crippen MR) is 59.4 cm³/mol. The number of aryl methyl sites for hydroxylation is 1. The number of rotatable bonds is 0. The molecule has 0 aliphatic heterocycles. The van der Waals surface area contributed by atoms with Crippen LogP contribution in [0.1, 0.15) is 16.8 Å². The van der Waals surface area contributed by atoms with Crippen molar-refractivity contribution < 1.29 is 18.2 Å².